The van der Waals surface area contributed by atoms with Crippen molar-refractivity contribution in [2.24, 2.45) is 7.05 Å². The van der Waals surface area contributed by atoms with Crippen molar-refractivity contribution < 1.29 is 18.0 Å². The van der Waals surface area contributed by atoms with E-state index in [2.05, 4.69) is 10.2 Å². The molecule has 6 nitrogen and oxygen atoms in total. The van der Waals surface area contributed by atoms with E-state index in [9.17, 15) is 18.0 Å². The van der Waals surface area contributed by atoms with Gasteiger partial charge in [-0.15, -0.1) is 0 Å². The lowest BCUT2D eigenvalue weighted by atomic mass is 10.2. The molecule has 0 N–H and O–H groups in total. The van der Waals surface area contributed by atoms with E-state index in [1.807, 2.05) is 25.5 Å². The Hall–Kier alpha value is -2.32. The summed E-state index contributed by atoms with van der Waals surface area (Å²) in [4.78, 5) is 13.7. The highest BCUT2D eigenvalue weighted by Crippen LogP contribution is 2.29. The van der Waals surface area contributed by atoms with Crippen LogP contribution in [0.2, 0.25) is 0 Å². The van der Waals surface area contributed by atoms with Crippen molar-refractivity contribution in [3.8, 4) is 0 Å². The lowest BCUT2D eigenvalue weighted by molar-refractivity contribution is -0.143. The molecule has 1 amide bonds. The first-order chi connectivity index (χ1) is 11.1. The minimum Gasteiger partial charge on any atom is -0.336 e. The average Bonchev–Trinajstić information content (AvgIpc) is 3.00. The van der Waals surface area contributed by atoms with Gasteiger partial charge in [0.2, 0.25) is 0 Å². The first-order valence-electron chi connectivity index (χ1n) is 7.45. The molecule has 0 fully saturated rings. The van der Waals surface area contributed by atoms with Crippen LogP contribution in [-0.4, -0.2) is 37.4 Å². The van der Waals surface area contributed by atoms with Crippen LogP contribution in [0.3, 0.4) is 0 Å². The summed E-state index contributed by atoms with van der Waals surface area (Å²) in [5, 5.41) is 8.07. The largest absolute Gasteiger partial charge is 0.433 e. The number of hydrogen-bond donors (Lipinski definition) is 0. The molecule has 2 heterocycles. The molecule has 2 rings (SSSR count). The number of alkyl halides is 3. The summed E-state index contributed by atoms with van der Waals surface area (Å²) in [6.07, 6.45) is -4.55. The van der Waals surface area contributed by atoms with Crippen molar-refractivity contribution >= 4 is 5.91 Å². The van der Waals surface area contributed by atoms with Gasteiger partial charge in [0, 0.05) is 44.5 Å². The van der Waals surface area contributed by atoms with Crippen LogP contribution in [0.25, 0.3) is 0 Å². The van der Waals surface area contributed by atoms with Crippen molar-refractivity contribution in [2.45, 2.75) is 40.0 Å². The second-order valence-electron chi connectivity index (χ2n) is 5.66. The third kappa shape index (κ3) is 3.29. The zero-order valence-electron chi connectivity index (χ0n) is 14.3. The van der Waals surface area contributed by atoms with Crippen molar-refractivity contribution in [1.29, 1.82) is 0 Å². The number of carbonyl (C=O) groups excluding carboxylic acids is 1. The maximum absolute atomic E-state index is 12.8. The lowest BCUT2D eigenvalue weighted by Crippen LogP contribution is -2.27. The van der Waals surface area contributed by atoms with Gasteiger partial charge in [-0.3, -0.25) is 14.2 Å². The number of halogens is 3. The van der Waals surface area contributed by atoms with E-state index in [1.165, 1.54) is 19.0 Å². The topological polar surface area (TPSA) is 56.0 Å². The van der Waals surface area contributed by atoms with Gasteiger partial charge in [-0.1, -0.05) is 0 Å². The summed E-state index contributed by atoms with van der Waals surface area (Å²) in [5.41, 5.74) is 1.44. The van der Waals surface area contributed by atoms with Crippen molar-refractivity contribution in [2.75, 3.05) is 7.05 Å². The molecule has 0 aliphatic heterocycles. The van der Waals surface area contributed by atoms with Crippen molar-refractivity contribution in [3.05, 3.63) is 34.4 Å². The average molecular weight is 343 g/mol. The first-order valence-corrected chi connectivity index (χ1v) is 7.45. The molecule has 0 bridgehead atoms. The lowest BCUT2D eigenvalue weighted by Gasteiger charge is -2.16. The van der Waals surface area contributed by atoms with Crippen LogP contribution in [0.4, 0.5) is 13.2 Å². The van der Waals surface area contributed by atoms with Crippen LogP contribution in [0.5, 0.6) is 0 Å². The van der Waals surface area contributed by atoms with Crippen molar-refractivity contribution in [3.63, 3.8) is 0 Å². The summed E-state index contributed by atoms with van der Waals surface area (Å²) in [7, 11) is 2.70. The molecular weight excluding hydrogens is 323 g/mol. The monoisotopic (exact) mass is 343 g/mol. The Labute approximate surface area is 137 Å². The smallest absolute Gasteiger partial charge is 0.336 e. The molecule has 0 spiro atoms. The van der Waals surface area contributed by atoms with Gasteiger partial charge >= 0.3 is 6.18 Å². The van der Waals surface area contributed by atoms with Crippen LogP contribution < -0.4 is 0 Å². The predicted octanol–water partition coefficient (Wildman–Crippen LogP) is 2.54. The summed E-state index contributed by atoms with van der Waals surface area (Å²) in [6, 6.07) is 0.772. The maximum Gasteiger partial charge on any atom is 0.433 e. The minimum atomic E-state index is -4.55. The fraction of sp³-hybridized carbons (Fsp3) is 0.533. The van der Waals surface area contributed by atoms with Crippen LogP contribution in [0.15, 0.2) is 6.07 Å². The van der Waals surface area contributed by atoms with Gasteiger partial charge in [-0.25, -0.2) is 0 Å². The number of aromatic nitrogens is 4. The van der Waals surface area contributed by atoms with Gasteiger partial charge in [0.15, 0.2) is 5.69 Å². The van der Waals surface area contributed by atoms with E-state index in [-0.39, 0.29) is 12.2 Å². The van der Waals surface area contributed by atoms with E-state index in [1.54, 1.807) is 0 Å². The van der Waals surface area contributed by atoms with E-state index in [0.717, 1.165) is 23.0 Å². The first kappa shape index (κ1) is 18.0. The van der Waals surface area contributed by atoms with Gasteiger partial charge in [-0.2, -0.15) is 23.4 Å². The summed E-state index contributed by atoms with van der Waals surface area (Å²) >= 11 is 0. The molecular formula is C15H20F3N5O. The molecule has 24 heavy (non-hydrogen) atoms. The van der Waals surface area contributed by atoms with Gasteiger partial charge in [0.05, 0.1) is 5.69 Å². The van der Waals surface area contributed by atoms with Crippen molar-refractivity contribution in [1.82, 2.24) is 24.5 Å². The van der Waals surface area contributed by atoms with E-state index < -0.39 is 17.8 Å². The molecule has 0 saturated heterocycles. The molecule has 2 aromatic heterocycles. The number of nitrogens with zero attached hydrogens (tertiary/aromatic N) is 5. The van der Waals surface area contributed by atoms with Crippen LogP contribution in [0.1, 0.15) is 40.1 Å². The van der Waals surface area contributed by atoms with Gasteiger partial charge in [0.1, 0.15) is 5.69 Å². The zero-order chi connectivity index (χ0) is 18.2. The molecule has 0 aliphatic rings. The molecule has 2 aromatic rings. The normalized spacial score (nSPS) is 11.8. The Kier molecular flexibility index (Phi) is 4.73. The second kappa shape index (κ2) is 6.29. The molecule has 0 aliphatic carbocycles. The zero-order valence-corrected chi connectivity index (χ0v) is 14.3. The molecule has 0 saturated carbocycles. The standard InChI is InChI=1S/C15H20F3N5O/c1-6-23-10(3)11(9(2)19-23)8-21(4)14(24)12-7-13(15(16,17)18)22(5)20-12/h7H,6,8H2,1-5H3. The fourth-order valence-corrected chi connectivity index (χ4v) is 2.61. The fourth-order valence-electron chi connectivity index (χ4n) is 2.61. The Morgan fingerprint density at radius 1 is 1.29 bits per heavy atom. The second-order valence-corrected chi connectivity index (χ2v) is 5.66. The highest BCUT2D eigenvalue weighted by Gasteiger charge is 2.36. The number of amides is 1. The molecule has 9 heteroatoms. The Morgan fingerprint density at radius 2 is 1.92 bits per heavy atom. The number of aryl methyl sites for hydroxylation is 3. The maximum atomic E-state index is 12.8. The summed E-state index contributed by atoms with van der Waals surface area (Å²) in [6.45, 7) is 6.67. The summed E-state index contributed by atoms with van der Waals surface area (Å²) < 4.78 is 41.0. The van der Waals surface area contributed by atoms with Crippen LogP contribution >= 0.6 is 0 Å². The molecule has 0 radical (unpaired) electrons. The van der Waals surface area contributed by atoms with Gasteiger partial charge in [0.25, 0.3) is 5.91 Å². The SMILES string of the molecule is CCn1nc(C)c(CN(C)C(=O)c2cc(C(F)(F)F)n(C)n2)c1C. The predicted molar refractivity (Wildman–Crippen MR) is 81.4 cm³/mol. The highest BCUT2D eigenvalue weighted by molar-refractivity contribution is 5.92. The Morgan fingerprint density at radius 3 is 2.38 bits per heavy atom. The quantitative estimate of drug-likeness (QED) is 0.857. The molecule has 0 atom stereocenters. The van der Waals surface area contributed by atoms with E-state index in [4.69, 9.17) is 0 Å². The van der Waals surface area contributed by atoms with Gasteiger partial charge in [-0.05, 0) is 20.8 Å². The van der Waals surface area contributed by atoms with Crippen LogP contribution in [-0.2, 0) is 26.3 Å². The summed E-state index contributed by atoms with van der Waals surface area (Å²) in [5.74, 6) is -0.566. The third-order valence-electron chi connectivity index (χ3n) is 3.96. The van der Waals surface area contributed by atoms with Gasteiger partial charge < -0.3 is 4.90 Å². The number of carbonyl (C=O) groups is 1. The Balaban J connectivity index is 2.23. The Bertz CT molecular complexity index is 760. The number of hydrogen-bond acceptors (Lipinski definition) is 3. The van der Waals surface area contributed by atoms with E-state index >= 15 is 0 Å². The highest BCUT2D eigenvalue weighted by atomic mass is 19.4. The molecule has 0 unspecified atom stereocenters. The van der Waals surface area contributed by atoms with E-state index in [0.29, 0.717) is 11.2 Å². The molecule has 132 valence electrons. The van der Waals surface area contributed by atoms with Crippen LogP contribution in [0, 0.1) is 13.8 Å². The molecule has 0 aromatic carbocycles. The number of rotatable bonds is 4. The third-order valence-corrected chi connectivity index (χ3v) is 3.96. The minimum absolute atomic E-state index is 0.231.